The second kappa shape index (κ2) is 4.17. The number of ketones is 1. The van der Waals surface area contributed by atoms with E-state index in [4.69, 9.17) is 0 Å². The van der Waals surface area contributed by atoms with Crippen LogP contribution in [0.25, 0.3) is 0 Å². The van der Waals surface area contributed by atoms with Crippen LogP contribution in [0.15, 0.2) is 17.6 Å². The smallest absolute Gasteiger partial charge is 0.168 e. The van der Waals surface area contributed by atoms with Crippen LogP contribution in [0.2, 0.25) is 0 Å². The van der Waals surface area contributed by atoms with Gasteiger partial charge in [0, 0.05) is 25.9 Å². The number of imidazole rings is 1. The highest BCUT2D eigenvalue weighted by Crippen LogP contribution is 2.30. The molecule has 4 heteroatoms. The largest absolute Gasteiger partial charge is 0.329 e. The average Bonchev–Trinajstić information content (AvgIpc) is 2.56. The van der Waals surface area contributed by atoms with Crippen molar-refractivity contribution in [3.63, 3.8) is 0 Å². The van der Waals surface area contributed by atoms with Crippen molar-refractivity contribution in [1.82, 2.24) is 9.55 Å². The summed E-state index contributed by atoms with van der Waals surface area (Å²) in [5.74, 6) is 0.393. The minimum absolute atomic E-state index is 0.143. The van der Waals surface area contributed by atoms with Gasteiger partial charge in [-0.1, -0.05) is 18.2 Å². The number of aromatic nitrogens is 2. The van der Waals surface area contributed by atoms with Gasteiger partial charge in [-0.2, -0.15) is 0 Å². The van der Waals surface area contributed by atoms with E-state index in [1.807, 2.05) is 17.8 Å². The van der Waals surface area contributed by atoms with E-state index in [0.29, 0.717) is 5.78 Å². The standard InChI is InChI=1S/C10H14N2OS/c1-12-7-6-11-10(12)14-9-5-3-2-4-8(9)13/h6-7,9H,2-5H2,1H3/t9-/m1/s1. The highest BCUT2D eigenvalue weighted by Gasteiger charge is 2.24. The van der Waals surface area contributed by atoms with Crippen LogP contribution in [0, 0.1) is 0 Å². The molecule has 0 bridgehead atoms. The van der Waals surface area contributed by atoms with E-state index in [9.17, 15) is 4.79 Å². The maximum absolute atomic E-state index is 11.6. The third kappa shape index (κ3) is 2.00. The number of hydrogen-bond donors (Lipinski definition) is 0. The lowest BCUT2D eigenvalue weighted by Gasteiger charge is -2.19. The monoisotopic (exact) mass is 210 g/mol. The Hall–Kier alpha value is -0.770. The maximum atomic E-state index is 11.6. The number of aryl methyl sites for hydroxylation is 1. The maximum Gasteiger partial charge on any atom is 0.168 e. The first-order valence-electron chi connectivity index (χ1n) is 4.94. The van der Waals surface area contributed by atoms with E-state index in [2.05, 4.69) is 4.98 Å². The second-order valence-corrected chi connectivity index (χ2v) is 4.81. The molecule has 14 heavy (non-hydrogen) atoms. The fourth-order valence-electron chi connectivity index (χ4n) is 1.67. The lowest BCUT2D eigenvalue weighted by Crippen LogP contribution is -2.21. The number of thioether (sulfide) groups is 1. The van der Waals surface area contributed by atoms with Gasteiger partial charge < -0.3 is 4.57 Å². The lowest BCUT2D eigenvalue weighted by molar-refractivity contribution is -0.119. The van der Waals surface area contributed by atoms with Crippen LogP contribution in [0.5, 0.6) is 0 Å². The van der Waals surface area contributed by atoms with Gasteiger partial charge in [-0.3, -0.25) is 4.79 Å². The van der Waals surface area contributed by atoms with Crippen molar-refractivity contribution >= 4 is 17.5 Å². The van der Waals surface area contributed by atoms with Crippen molar-refractivity contribution in [2.45, 2.75) is 36.1 Å². The Morgan fingerprint density at radius 1 is 1.57 bits per heavy atom. The molecule has 1 fully saturated rings. The number of carbonyl (C=O) groups is 1. The van der Waals surface area contributed by atoms with E-state index in [0.717, 1.165) is 24.4 Å². The zero-order valence-corrected chi connectivity index (χ0v) is 9.09. The fourth-order valence-corrected chi connectivity index (χ4v) is 2.81. The molecule has 1 aliphatic carbocycles. The number of carbonyl (C=O) groups excluding carboxylic acids is 1. The van der Waals surface area contributed by atoms with Gasteiger partial charge in [-0.25, -0.2) is 4.98 Å². The molecule has 0 spiro atoms. The molecule has 76 valence electrons. The predicted octanol–water partition coefficient (Wildman–Crippen LogP) is 2.02. The summed E-state index contributed by atoms with van der Waals surface area (Å²) in [6.07, 6.45) is 7.69. The van der Waals surface area contributed by atoms with Gasteiger partial charge in [0.2, 0.25) is 0 Å². The van der Waals surface area contributed by atoms with Crippen LogP contribution < -0.4 is 0 Å². The summed E-state index contributed by atoms with van der Waals surface area (Å²) in [5, 5.41) is 1.09. The van der Waals surface area contributed by atoms with Crippen LogP contribution in [-0.4, -0.2) is 20.6 Å². The van der Waals surface area contributed by atoms with Gasteiger partial charge in [-0.15, -0.1) is 0 Å². The van der Waals surface area contributed by atoms with Crippen LogP contribution in [-0.2, 0) is 11.8 Å². The van der Waals surface area contributed by atoms with Crippen LogP contribution in [0.3, 0.4) is 0 Å². The first-order chi connectivity index (χ1) is 6.77. The van der Waals surface area contributed by atoms with Crippen molar-refractivity contribution in [3.8, 4) is 0 Å². The Kier molecular flexibility index (Phi) is 2.91. The normalized spacial score (nSPS) is 22.6. The summed E-state index contributed by atoms with van der Waals surface area (Å²) >= 11 is 1.61. The van der Waals surface area contributed by atoms with Gasteiger partial charge in [0.1, 0.15) is 5.78 Å². The molecule has 0 radical (unpaired) electrons. The number of hydrogen-bond acceptors (Lipinski definition) is 3. The molecule has 0 saturated heterocycles. The summed E-state index contributed by atoms with van der Waals surface area (Å²) in [4.78, 5) is 15.8. The predicted molar refractivity (Wildman–Crippen MR) is 56.3 cm³/mol. The quantitative estimate of drug-likeness (QED) is 0.749. The zero-order valence-electron chi connectivity index (χ0n) is 8.27. The van der Waals surface area contributed by atoms with E-state index in [-0.39, 0.29) is 5.25 Å². The summed E-state index contributed by atoms with van der Waals surface area (Å²) in [6.45, 7) is 0. The molecular weight excluding hydrogens is 196 g/mol. The minimum atomic E-state index is 0.143. The molecule has 2 rings (SSSR count). The van der Waals surface area contributed by atoms with Crippen molar-refractivity contribution in [2.24, 2.45) is 7.05 Å². The van der Waals surface area contributed by atoms with Crippen LogP contribution in [0.4, 0.5) is 0 Å². The summed E-state index contributed by atoms with van der Waals surface area (Å²) in [7, 11) is 1.96. The summed E-state index contributed by atoms with van der Waals surface area (Å²) in [6, 6.07) is 0. The molecule has 1 heterocycles. The van der Waals surface area contributed by atoms with Crippen LogP contribution in [0.1, 0.15) is 25.7 Å². The van der Waals surface area contributed by atoms with Gasteiger partial charge in [-0.05, 0) is 12.8 Å². The molecule has 1 atom stereocenters. The Bertz CT molecular complexity index is 335. The second-order valence-electron chi connectivity index (χ2n) is 3.64. The summed E-state index contributed by atoms with van der Waals surface area (Å²) in [5.41, 5.74) is 0. The third-order valence-corrected chi connectivity index (χ3v) is 3.91. The topological polar surface area (TPSA) is 34.9 Å². The number of nitrogens with zero attached hydrogens (tertiary/aromatic N) is 2. The van der Waals surface area contributed by atoms with Crippen LogP contribution >= 0.6 is 11.8 Å². The molecule has 3 nitrogen and oxygen atoms in total. The van der Waals surface area contributed by atoms with E-state index >= 15 is 0 Å². The molecule has 0 aromatic carbocycles. The van der Waals surface area contributed by atoms with Gasteiger partial charge in [0.15, 0.2) is 5.16 Å². The van der Waals surface area contributed by atoms with E-state index < -0.39 is 0 Å². The Morgan fingerprint density at radius 2 is 2.43 bits per heavy atom. The van der Waals surface area contributed by atoms with E-state index in [1.165, 1.54) is 6.42 Å². The molecule has 1 aromatic rings. The summed E-state index contributed by atoms with van der Waals surface area (Å²) < 4.78 is 1.96. The molecule has 1 saturated carbocycles. The Morgan fingerprint density at radius 3 is 3.07 bits per heavy atom. The fraction of sp³-hybridized carbons (Fsp3) is 0.600. The number of rotatable bonds is 2. The van der Waals surface area contributed by atoms with Crippen molar-refractivity contribution in [2.75, 3.05) is 0 Å². The Labute approximate surface area is 87.9 Å². The van der Waals surface area contributed by atoms with Gasteiger partial charge >= 0.3 is 0 Å². The van der Waals surface area contributed by atoms with E-state index in [1.54, 1.807) is 18.0 Å². The first-order valence-corrected chi connectivity index (χ1v) is 5.82. The molecule has 0 amide bonds. The van der Waals surface area contributed by atoms with Crippen molar-refractivity contribution in [1.29, 1.82) is 0 Å². The number of Topliss-reactive ketones (excluding diaryl/α,β-unsaturated/α-hetero) is 1. The Balaban J connectivity index is 2.03. The first kappa shape index (κ1) is 9.77. The zero-order chi connectivity index (χ0) is 9.97. The average molecular weight is 210 g/mol. The lowest BCUT2D eigenvalue weighted by atomic mass is 9.99. The molecule has 1 aromatic heterocycles. The van der Waals surface area contributed by atoms with Crippen molar-refractivity contribution < 1.29 is 4.79 Å². The molecule has 0 unspecified atom stereocenters. The van der Waals surface area contributed by atoms with Crippen molar-refractivity contribution in [3.05, 3.63) is 12.4 Å². The highest BCUT2D eigenvalue weighted by atomic mass is 32.2. The molecular formula is C10H14N2OS. The van der Waals surface area contributed by atoms with Gasteiger partial charge in [0.25, 0.3) is 0 Å². The van der Waals surface area contributed by atoms with Gasteiger partial charge in [0.05, 0.1) is 5.25 Å². The molecule has 0 N–H and O–H groups in total. The highest BCUT2D eigenvalue weighted by molar-refractivity contribution is 8.00. The molecule has 1 aliphatic rings. The SMILES string of the molecule is Cn1ccnc1S[C@@H]1CCCCC1=O. The minimum Gasteiger partial charge on any atom is -0.329 e. The third-order valence-electron chi connectivity index (χ3n) is 2.52. The molecule has 0 aliphatic heterocycles.